The minimum atomic E-state index is 0.0421. The van der Waals surface area contributed by atoms with Crippen LogP contribution < -0.4 is 5.32 Å². The van der Waals surface area contributed by atoms with E-state index in [4.69, 9.17) is 9.47 Å². The van der Waals surface area contributed by atoms with Gasteiger partial charge in [0.05, 0.1) is 13.2 Å². The average molecular weight is 157 g/mol. The lowest BCUT2D eigenvalue weighted by Gasteiger charge is -2.42. The second-order valence-corrected chi connectivity index (χ2v) is 3.41. The molecule has 0 unspecified atom stereocenters. The lowest BCUT2D eigenvalue weighted by molar-refractivity contribution is -0.209. The third-order valence-corrected chi connectivity index (χ3v) is 2.33. The molecular formula is C8H15NO2. The first kappa shape index (κ1) is 7.53. The van der Waals surface area contributed by atoms with Gasteiger partial charge in [-0.3, -0.25) is 0 Å². The van der Waals surface area contributed by atoms with Crippen LogP contribution in [-0.4, -0.2) is 38.5 Å². The smallest absolute Gasteiger partial charge is 0.127 e. The van der Waals surface area contributed by atoms with Gasteiger partial charge in [0.25, 0.3) is 0 Å². The minimum absolute atomic E-state index is 0.0421. The predicted octanol–water partition coefficient (Wildman–Crippen LogP) is 0.155. The molecule has 2 aliphatic heterocycles. The largest absolute Gasteiger partial charge is 0.375 e. The fourth-order valence-electron chi connectivity index (χ4n) is 1.52. The third-order valence-electron chi connectivity index (χ3n) is 2.33. The Bertz CT molecular complexity index is 124. The Kier molecular flexibility index (Phi) is 2.11. The van der Waals surface area contributed by atoms with Crippen molar-refractivity contribution in [2.24, 2.45) is 0 Å². The van der Waals surface area contributed by atoms with Crippen LogP contribution in [0.25, 0.3) is 0 Å². The van der Waals surface area contributed by atoms with Crippen LogP contribution >= 0.6 is 0 Å². The number of rotatable bonds is 0. The van der Waals surface area contributed by atoms with Crippen LogP contribution in [0, 0.1) is 0 Å². The standard InChI is InChI=1S/C8H15NO2/c1-2-4-11-8(5-9-3-1)6-10-7-8/h9H,1-7H2. The lowest BCUT2D eigenvalue weighted by Crippen LogP contribution is -2.59. The summed E-state index contributed by atoms with van der Waals surface area (Å²) in [6, 6.07) is 0. The van der Waals surface area contributed by atoms with Gasteiger partial charge in [-0.2, -0.15) is 0 Å². The lowest BCUT2D eigenvalue weighted by atomic mass is 10.0. The molecule has 0 bridgehead atoms. The summed E-state index contributed by atoms with van der Waals surface area (Å²) in [5.74, 6) is 0. The highest BCUT2D eigenvalue weighted by Gasteiger charge is 2.39. The van der Waals surface area contributed by atoms with E-state index in [0.29, 0.717) is 0 Å². The summed E-state index contributed by atoms with van der Waals surface area (Å²) >= 11 is 0. The summed E-state index contributed by atoms with van der Waals surface area (Å²) < 4.78 is 10.9. The highest BCUT2D eigenvalue weighted by molar-refractivity contribution is 4.90. The molecule has 0 aromatic carbocycles. The molecule has 64 valence electrons. The normalized spacial score (nSPS) is 30.5. The number of hydrogen-bond acceptors (Lipinski definition) is 3. The Morgan fingerprint density at radius 2 is 2.09 bits per heavy atom. The van der Waals surface area contributed by atoms with Gasteiger partial charge in [0.2, 0.25) is 0 Å². The fourth-order valence-corrected chi connectivity index (χ4v) is 1.52. The van der Waals surface area contributed by atoms with Gasteiger partial charge < -0.3 is 14.8 Å². The quantitative estimate of drug-likeness (QED) is 0.543. The van der Waals surface area contributed by atoms with Crippen LogP contribution in [0.2, 0.25) is 0 Å². The molecule has 1 N–H and O–H groups in total. The number of ether oxygens (including phenoxy) is 2. The first-order valence-electron chi connectivity index (χ1n) is 4.34. The van der Waals surface area contributed by atoms with E-state index in [1.54, 1.807) is 0 Å². The Hall–Kier alpha value is -0.120. The maximum absolute atomic E-state index is 5.72. The summed E-state index contributed by atoms with van der Waals surface area (Å²) in [6.45, 7) is 4.56. The van der Waals surface area contributed by atoms with Crippen molar-refractivity contribution in [2.75, 3.05) is 32.9 Å². The highest BCUT2D eigenvalue weighted by Crippen LogP contribution is 2.22. The van der Waals surface area contributed by atoms with Gasteiger partial charge >= 0.3 is 0 Å². The SMILES string of the molecule is C1CCOC2(CNC1)COC2. The molecule has 1 spiro atoms. The summed E-state index contributed by atoms with van der Waals surface area (Å²) in [6.07, 6.45) is 2.41. The molecule has 2 fully saturated rings. The number of nitrogens with one attached hydrogen (secondary N) is 1. The molecule has 2 saturated heterocycles. The molecule has 2 aliphatic rings. The molecule has 0 aliphatic carbocycles. The Balaban J connectivity index is 1.86. The first-order valence-corrected chi connectivity index (χ1v) is 4.34. The van der Waals surface area contributed by atoms with Gasteiger partial charge in [-0.05, 0) is 19.4 Å². The third kappa shape index (κ3) is 1.55. The molecule has 0 atom stereocenters. The zero-order valence-electron chi connectivity index (χ0n) is 6.77. The van der Waals surface area contributed by atoms with Gasteiger partial charge in [-0.1, -0.05) is 0 Å². The monoisotopic (exact) mass is 157 g/mol. The van der Waals surface area contributed by atoms with E-state index in [1.165, 1.54) is 12.8 Å². The molecular weight excluding hydrogens is 142 g/mol. The Morgan fingerprint density at radius 1 is 1.18 bits per heavy atom. The van der Waals surface area contributed by atoms with Gasteiger partial charge in [0, 0.05) is 13.2 Å². The van der Waals surface area contributed by atoms with E-state index >= 15 is 0 Å². The van der Waals surface area contributed by atoms with Crippen LogP contribution in [0.3, 0.4) is 0 Å². The topological polar surface area (TPSA) is 30.5 Å². The molecule has 0 aromatic heterocycles. The van der Waals surface area contributed by atoms with E-state index in [9.17, 15) is 0 Å². The van der Waals surface area contributed by atoms with E-state index in [0.717, 1.165) is 32.9 Å². The van der Waals surface area contributed by atoms with Crippen LogP contribution in [0.5, 0.6) is 0 Å². The van der Waals surface area contributed by atoms with Crippen LogP contribution in [0.1, 0.15) is 12.8 Å². The maximum Gasteiger partial charge on any atom is 0.127 e. The summed E-state index contributed by atoms with van der Waals surface area (Å²) in [5, 5.41) is 3.38. The van der Waals surface area contributed by atoms with E-state index in [2.05, 4.69) is 5.32 Å². The van der Waals surface area contributed by atoms with E-state index in [-0.39, 0.29) is 5.60 Å². The van der Waals surface area contributed by atoms with Crippen molar-refractivity contribution >= 4 is 0 Å². The molecule has 11 heavy (non-hydrogen) atoms. The molecule has 3 heteroatoms. The molecule has 2 rings (SSSR count). The Morgan fingerprint density at radius 3 is 2.82 bits per heavy atom. The van der Waals surface area contributed by atoms with E-state index in [1.807, 2.05) is 0 Å². The maximum atomic E-state index is 5.72. The zero-order valence-corrected chi connectivity index (χ0v) is 6.77. The van der Waals surface area contributed by atoms with Gasteiger partial charge in [-0.25, -0.2) is 0 Å². The second-order valence-electron chi connectivity index (χ2n) is 3.41. The van der Waals surface area contributed by atoms with Crippen molar-refractivity contribution in [3.63, 3.8) is 0 Å². The zero-order chi connectivity index (χ0) is 7.57. The first-order chi connectivity index (χ1) is 5.41. The van der Waals surface area contributed by atoms with Crippen LogP contribution in [-0.2, 0) is 9.47 Å². The molecule has 0 saturated carbocycles. The average Bonchev–Trinajstić information content (AvgIpc) is 1.82. The van der Waals surface area contributed by atoms with Crippen molar-refractivity contribution < 1.29 is 9.47 Å². The van der Waals surface area contributed by atoms with Crippen molar-refractivity contribution in [1.82, 2.24) is 5.32 Å². The summed E-state index contributed by atoms with van der Waals surface area (Å²) in [5.41, 5.74) is 0.0421. The van der Waals surface area contributed by atoms with Gasteiger partial charge in [0.15, 0.2) is 0 Å². The molecule has 3 nitrogen and oxygen atoms in total. The summed E-state index contributed by atoms with van der Waals surface area (Å²) in [7, 11) is 0. The Labute approximate surface area is 67.1 Å². The van der Waals surface area contributed by atoms with E-state index < -0.39 is 0 Å². The van der Waals surface area contributed by atoms with Crippen molar-refractivity contribution in [3.05, 3.63) is 0 Å². The van der Waals surface area contributed by atoms with Gasteiger partial charge in [0.1, 0.15) is 5.60 Å². The number of hydrogen-bond donors (Lipinski definition) is 1. The predicted molar refractivity (Wildman–Crippen MR) is 41.6 cm³/mol. The minimum Gasteiger partial charge on any atom is -0.375 e. The van der Waals surface area contributed by atoms with Crippen molar-refractivity contribution in [3.8, 4) is 0 Å². The second kappa shape index (κ2) is 3.09. The van der Waals surface area contributed by atoms with Crippen LogP contribution in [0.4, 0.5) is 0 Å². The summed E-state index contributed by atoms with van der Waals surface area (Å²) in [4.78, 5) is 0. The highest BCUT2D eigenvalue weighted by atomic mass is 16.6. The van der Waals surface area contributed by atoms with Gasteiger partial charge in [-0.15, -0.1) is 0 Å². The fraction of sp³-hybridized carbons (Fsp3) is 1.00. The van der Waals surface area contributed by atoms with Crippen molar-refractivity contribution in [1.29, 1.82) is 0 Å². The molecule has 2 heterocycles. The molecule has 0 aromatic rings. The molecule has 0 amide bonds. The molecule has 0 radical (unpaired) electrons. The van der Waals surface area contributed by atoms with Crippen LogP contribution in [0.15, 0.2) is 0 Å². The van der Waals surface area contributed by atoms with Crippen molar-refractivity contribution in [2.45, 2.75) is 18.4 Å².